The quantitative estimate of drug-likeness (QED) is 0.759. The number of carbonyl (C=O) groups is 3. The van der Waals surface area contributed by atoms with Crippen molar-refractivity contribution in [2.45, 2.75) is 19.3 Å². The van der Waals surface area contributed by atoms with Crippen molar-refractivity contribution in [3.8, 4) is 0 Å². The number of ether oxygens (including phenoxy) is 1. The molecule has 3 unspecified atom stereocenters. The number of piperidine rings is 1. The van der Waals surface area contributed by atoms with E-state index in [9.17, 15) is 14.4 Å². The zero-order valence-corrected chi connectivity index (χ0v) is 11.2. The third kappa shape index (κ3) is 3.09. The summed E-state index contributed by atoms with van der Waals surface area (Å²) in [4.78, 5) is 36.0. The fourth-order valence-corrected chi connectivity index (χ4v) is 2.89. The van der Waals surface area contributed by atoms with Gasteiger partial charge in [0, 0.05) is 19.7 Å². The molecule has 0 saturated carbocycles. The van der Waals surface area contributed by atoms with E-state index in [1.54, 1.807) is 0 Å². The first kappa shape index (κ1) is 14.8. The van der Waals surface area contributed by atoms with Gasteiger partial charge in [0.25, 0.3) is 0 Å². The third-order valence-corrected chi connectivity index (χ3v) is 4.07. The molecule has 7 heteroatoms. The number of aliphatic carboxylic acids is 2. The molecule has 20 heavy (non-hydrogen) atoms. The average molecular weight is 285 g/mol. The molecule has 0 spiro atoms. The Kier molecular flexibility index (Phi) is 4.59. The normalized spacial score (nSPS) is 30.8. The van der Waals surface area contributed by atoms with Gasteiger partial charge in [-0.3, -0.25) is 14.4 Å². The van der Waals surface area contributed by atoms with E-state index in [0.29, 0.717) is 19.8 Å². The molecule has 7 nitrogen and oxygen atoms in total. The average Bonchev–Trinajstić information content (AvgIpc) is 2.46. The minimum absolute atomic E-state index is 0.0262. The minimum Gasteiger partial charge on any atom is -0.481 e. The van der Waals surface area contributed by atoms with Crippen molar-refractivity contribution in [3.63, 3.8) is 0 Å². The van der Waals surface area contributed by atoms with Crippen LogP contribution in [0, 0.1) is 17.8 Å². The Balaban J connectivity index is 2.02. The van der Waals surface area contributed by atoms with Gasteiger partial charge in [-0.25, -0.2) is 0 Å². The maximum atomic E-state index is 12.3. The number of hydrogen-bond donors (Lipinski definition) is 2. The lowest BCUT2D eigenvalue weighted by Gasteiger charge is -2.37. The number of carbonyl (C=O) groups excluding carboxylic acids is 1. The summed E-state index contributed by atoms with van der Waals surface area (Å²) in [6.07, 6.45) is 1.76. The molecule has 2 rings (SSSR count). The molecule has 2 aliphatic heterocycles. The number of carboxylic acids is 2. The van der Waals surface area contributed by atoms with Gasteiger partial charge >= 0.3 is 11.9 Å². The number of hydrogen-bond acceptors (Lipinski definition) is 4. The van der Waals surface area contributed by atoms with Crippen LogP contribution in [0.1, 0.15) is 19.3 Å². The first-order chi connectivity index (χ1) is 9.50. The predicted molar refractivity (Wildman–Crippen MR) is 67.0 cm³/mol. The third-order valence-electron chi connectivity index (χ3n) is 4.07. The molecule has 2 heterocycles. The number of rotatable bonds is 3. The molecule has 2 fully saturated rings. The van der Waals surface area contributed by atoms with E-state index in [4.69, 9.17) is 14.9 Å². The van der Waals surface area contributed by atoms with E-state index in [0.717, 1.165) is 12.8 Å². The second-order valence-electron chi connectivity index (χ2n) is 5.38. The molecule has 0 aliphatic carbocycles. The Morgan fingerprint density at radius 3 is 2.30 bits per heavy atom. The van der Waals surface area contributed by atoms with Gasteiger partial charge in [0.15, 0.2) is 0 Å². The molecule has 0 aromatic carbocycles. The predicted octanol–water partition coefficient (Wildman–Crippen LogP) is 0.0469. The van der Waals surface area contributed by atoms with Gasteiger partial charge < -0.3 is 19.8 Å². The molecule has 0 radical (unpaired) electrons. The van der Waals surface area contributed by atoms with Crippen molar-refractivity contribution in [2.24, 2.45) is 17.8 Å². The summed E-state index contributed by atoms with van der Waals surface area (Å²) >= 11 is 0. The highest BCUT2D eigenvalue weighted by Crippen LogP contribution is 2.27. The van der Waals surface area contributed by atoms with Crippen molar-refractivity contribution in [1.29, 1.82) is 0 Å². The van der Waals surface area contributed by atoms with Crippen LogP contribution in [-0.2, 0) is 19.1 Å². The van der Waals surface area contributed by atoms with Gasteiger partial charge in [0.1, 0.15) is 0 Å². The Morgan fingerprint density at radius 1 is 1.05 bits per heavy atom. The minimum atomic E-state index is -1.16. The summed E-state index contributed by atoms with van der Waals surface area (Å²) in [6.45, 7) is 1.30. The van der Waals surface area contributed by atoms with Gasteiger partial charge in [0.2, 0.25) is 5.91 Å². The second-order valence-corrected chi connectivity index (χ2v) is 5.38. The Morgan fingerprint density at radius 2 is 1.75 bits per heavy atom. The summed E-state index contributed by atoms with van der Waals surface area (Å²) < 4.78 is 5.27. The van der Waals surface area contributed by atoms with Crippen molar-refractivity contribution < 1.29 is 29.3 Å². The molecular formula is C13H19NO6. The van der Waals surface area contributed by atoms with Crippen LogP contribution in [0.3, 0.4) is 0 Å². The van der Waals surface area contributed by atoms with Crippen LogP contribution < -0.4 is 0 Å². The van der Waals surface area contributed by atoms with Crippen LogP contribution in [0.15, 0.2) is 0 Å². The van der Waals surface area contributed by atoms with Gasteiger partial charge in [-0.05, 0) is 19.3 Å². The van der Waals surface area contributed by atoms with Gasteiger partial charge in [-0.1, -0.05) is 0 Å². The van der Waals surface area contributed by atoms with Crippen molar-refractivity contribution in [1.82, 2.24) is 4.90 Å². The Labute approximate surface area is 116 Å². The van der Waals surface area contributed by atoms with Crippen molar-refractivity contribution >= 4 is 17.8 Å². The summed E-state index contributed by atoms with van der Waals surface area (Å²) in [7, 11) is 0. The molecule has 1 amide bonds. The van der Waals surface area contributed by atoms with E-state index in [1.165, 1.54) is 4.90 Å². The van der Waals surface area contributed by atoms with Crippen LogP contribution in [0.4, 0.5) is 0 Å². The lowest BCUT2D eigenvalue weighted by atomic mass is 9.85. The van der Waals surface area contributed by atoms with E-state index in [1.807, 2.05) is 0 Å². The lowest BCUT2D eigenvalue weighted by Crippen LogP contribution is -2.51. The van der Waals surface area contributed by atoms with Gasteiger partial charge in [-0.15, -0.1) is 0 Å². The highest BCUT2D eigenvalue weighted by Gasteiger charge is 2.41. The number of carboxylic acid groups (broad SMARTS) is 2. The zero-order valence-electron chi connectivity index (χ0n) is 11.2. The van der Waals surface area contributed by atoms with Crippen LogP contribution in [-0.4, -0.2) is 59.3 Å². The monoisotopic (exact) mass is 285 g/mol. The van der Waals surface area contributed by atoms with Crippen molar-refractivity contribution in [3.05, 3.63) is 0 Å². The Bertz CT molecular complexity index is 404. The lowest BCUT2D eigenvalue weighted by molar-refractivity contribution is -0.160. The molecule has 0 bridgehead atoms. The van der Waals surface area contributed by atoms with E-state index in [-0.39, 0.29) is 24.8 Å². The number of likely N-dealkylation sites (tertiary alicyclic amines) is 1. The fraction of sp³-hybridized carbons (Fsp3) is 0.769. The van der Waals surface area contributed by atoms with Crippen LogP contribution in [0.2, 0.25) is 0 Å². The second kappa shape index (κ2) is 6.21. The molecule has 112 valence electrons. The van der Waals surface area contributed by atoms with E-state index >= 15 is 0 Å². The molecule has 2 N–H and O–H groups in total. The van der Waals surface area contributed by atoms with Gasteiger partial charge in [-0.2, -0.15) is 0 Å². The van der Waals surface area contributed by atoms with E-state index < -0.39 is 23.8 Å². The number of amides is 1. The summed E-state index contributed by atoms with van der Waals surface area (Å²) in [6, 6.07) is 0. The first-order valence-electron chi connectivity index (χ1n) is 6.83. The maximum Gasteiger partial charge on any atom is 0.309 e. The summed E-state index contributed by atoms with van der Waals surface area (Å²) in [5, 5.41) is 18.2. The number of nitrogens with zero attached hydrogens (tertiary/aromatic N) is 1. The smallest absolute Gasteiger partial charge is 0.309 e. The van der Waals surface area contributed by atoms with Crippen LogP contribution in [0.25, 0.3) is 0 Å². The molecule has 2 saturated heterocycles. The van der Waals surface area contributed by atoms with Gasteiger partial charge in [0.05, 0.1) is 24.4 Å². The van der Waals surface area contributed by atoms with Crippen LogP contribution >= 0.6 is 0 Å². The maximum absolute atomic E-state index is 12.3. The van der Waals surface area contributed by atoms with Crippen LogP contribution in [0.5, 0.6) is 0 Å². The highest BCUT2D eigenvalue weighted by atomic mass is 16.5. The zero-order chi connectivity index (χ0) is 14.7. The Hall–Kier alpha value is -1.63. The largest absolute Gasteiger partial charge is 0.481 e. The fourth-order valence-electron chi connectivity index (χ4n) is 2.89. The topological polar surface area (TPSA) is 104 Å². The molecule has 2 aliphatic rings. The highest BCUT2D eigenvalue weighted by molar-refractivity contribution is 5.83. The summed E-state index contributed by atoms with van der Waals surface area (Å²) in [5.74, 6) is -4.55. The molecule has 0 aromatic rings. The van der Waals surface area contributed by atoms with E-state index in [2.05, 4.69) is 0 Å². The molecular weight excluding hydrogens is 266 g/mol. The summed E-state index contributed by atoms with van der Waals surface area (Å²) in [5.41, 5.74) is 0. The molecule has 0 aromatic heterocycles. The van der Waals surface area contributed by atoms with Crippen molar-refractivity contribution in [2.75, 3.05) is 26.3 Å². The first-order valence-corrected chi connectivity index (χ1v) is 6.83. The standard InChI is InChI=1S/C13H19NO6/c15-11(8-2-1-5-20-7-8)14-4-3-9(12(16)17)10(6-14)13(18)19/h8-10H,1-7H2,(H,16,17)(H,18,19). The molecule has 3 atom stereocenters. The SMILES string of the molecule is O=C(O)C1CCN(C(=O)C2CCCOC2)CC1C(=O)O.